The largest absolute Gasteiger partial charge is 0.0622 e. The molecule has 0 aromatic heterocycles. The van der Waals surface area contributed by atoms with Gasteiger partial charge >= 0.3 is 0 Å². The summed E-state index contributed by atoms with van der Waals surface area (Å²) < 4.78 is 0. The highest BCUT2D eigenvalue weighted by molar-refractivity contribution is 6.09. The SMILES string of the molecule is c1ccc(-c2cc(-c3cccc(-c4cccc5ccccc45)c3)cc3c(-c4ccccc4)cc(-c4cccc(-c5cccc6ccccc56)c4)cc23)cc1. The van der Waals surface area contributed by atoms with Gasteiger partial charge in [-0.3, -0.25) is 0 Å². The molecule has 0 atom stereocenters. The summed E-state index contributed by atoms with van der Waals surface area (Å²) in [7, 11) is 0. The Hall–Kier alpha value is -7.02. The normalized spacial score (nSPS) is 11.3. The highest BCUT2D eigenvalue weighted by Gasteiger charge is 2.16. The average molecular weight is 685 g/mol. The summed E-state index contributed by atoms with van der Waals surface area (Å²) in [6.45, 7) is 0. The number of fused-ring (bicyclic) bond motifs is 3. The van der Waals surface area contributed by atoms with E-state index in [2.05, 4.69) is 218 Å². The van der Waals surface area contributed by atoms with Gasteiger partial charge < -0.3 is 0 Å². The Kier molecular flexibility index (Phi) is 7.93. The molecule has 0 nitrogen and oxygen atoms in total. The van der Waals surface area contributed by atoms with Gasteiger partial charge in [-0.05, 0) is 135 Å². The Labute approximate surface area is 316 Å². The topological polar surface area (TPSA) is 0 Å². The summed E-state index contributed by atoms with van der Waals surface area (Å²) >= 11 is 0. The molecule has 252 valence electrons. The minimum atomic E-state index is 1.20. The predicted molar refractivity (Wildman–Crippen MR) is 232 cm³/mol. The minimum Gasteiger partial charge on any atom is -0.0622 e. The average Bonchev–Trinajstić information content (AvgIpc) is 3.26. The summed E-state index contributed by atoms with van der Waals surface area (Å²) in [5.74, 6) is 0. The Morgan fingerprint density at radius 2 is 0.519 bits per heavy atom. The monoisotopic (exact) mass is 684 g/mol. The smallest absolute Gasteiger partial charge is 0.00926 e. The number of rotatable bonds is 6. The van der Waals surface area contributed by atoms with Crippen LogP contribution in [0.3, 0.4) is 0 Å². The molecule has 0 aliphatic carbocycles. The molecule has 10 aromatic rings. The minimum absolute atomic E-state index is 1.20. The fraction of sp³-hybridized carbons (Fsp3) is 0. The van der Waals surface area contributed by atoms with Crippen molar-refractivity contribution >= 4 is 32.3 Å². The van der Waals surface area contributed by atoms with Crippen LogP contribution in [0.4, 0.5) is 0 Å². The van der Waals surface area contributed by atoms with E-state index in [0.29, 0.717) is 0 Å². The maximum Gasteiger partial charge on any atom is -0.00926 e. The van der Waals surface area contributed by atoms with Crippen LogP contribution in [0, 0.1) is 0 Å². The van der Waals surface area contributed by atoms with Crippen molar-refractivity contribution in [3.8, 4) is 66.8 Å². The highest BCUT2D eigenvalue weighted by atomic mass is 14.2. The van der Waals surface area contributed by atoms with Crippen molar-refractivity contribution in [1.29, 1.82) is 0 Å². The summed E-state index contributed by atoms with van der Waals surface area (Å²) in [6, 6.07) is 79.9. The van der Waals surface area contributed by atoms with Gasteiger partial charge in [-0.15, -0.1) is 0 Å². The summed E-state index contributed by atoms with van der Waals surface area (Å²) in [5, 5.41) is 7.52. The van der Waals surface area contributed by atoms with Gasteiger partial charge in [-0.25, -0.2) is 0 Å². The van der Waals surface area contributed by atoms with Crippen LogP contribution in [0.5, 0.6) is 0 Å². The first-order valence-electron chi connectivity index (χ1n) is 18.7. The van der Waals surface area contributed by atoms with E-state index in [1.807, 2.05) is 0 Å². The predicted octanol–water partition coefficient (Wildman–Crippen LogP) is 15.1. The van der Waals surface area contributed by atoms with Crippen LogP contribution in [0.15, 0.2) is 218 Å². The van der Waals surface area contributed by atoms with Crippen molar-refractivity contribution < 1.29 is 0 Å². The van der Waals surface area contributed by atoms with Crippen molar-refractivity contribution in [2.45, 2.75) is 0 Å². The third kappa shape index (κ3) is 5.75. The molecule has 0 amide bonds. The van der Waals surface area contributed by atoms with Gasteiger partial charge in [0.15, 0.2) is 0 Å². The molecule has 54 heavy (non-hydrogen) atoms. The Morgan fingerprint density at radius 1 is 0.167 bits per heavy atom. The van der Waals surface area contributed by atoms with Gasteiger partial charge in [0, 0.05) is 0 Å². The third-order valence-electron chi connectivity index (χ3n) is 10.8. The fourth-order valence-corrected chi connectivity index (χ4v) is 8.20. The van der Waals surface area contributed by atoms with Crippen LogP contribution < -0.4 is 0 Å². The van der Waals surface area contributed by atoms with E-state index in [0.717, 1.165) is 0 Å². The zero-order chi connectivity index (χ0) is 35.8. The molecule has 0 saturated heterocycles. The number of hydrogen-bond acceptors (Lipinski definition) is 0. The molecule has 0 fully saturated rings. The zero-order valence-corrected chi connectivity index (χ0v) is 29.8. The lowest BCUT2D eigenvalue weighted by molar-refractivity contribution is 1.58. The Bertz CT molecular complexity index is 2760. The summed E-state index contributed by atoms with van der Waals surface area (Å²) in [4.78, 5) is 0. The number of benzene rings is 10. The molecule has 0 aliphatic rings. The first-order valence-corrected chi connectivity index (χ1v) is 18.7. The third-order valence-corrected chi connectivity index (χ3v) is 10.8. The van der Waals surface area contributed by atoms with Crippen LogP contribution in [0.25, 0.3) is 99.1 Å². The zero-order valence-electron chi connectivity index (χ0n) is 29.8. The van der Waals surface area contributed by atoms with Gasteiger partial charge in [-0.1, -0.05) is 182 Å². The van der Waals surface area contributed by atoms with Gasteiger partial charge in [0.25, 0.3) is 0 Å². The lowest BCUT2D eigenvalue weighted by Gasteiger charge is -2.18. The molecular weight excluding hydrogens is 649 g/mol. The second-order valence-corrected chi connectivity index (χ2v) is 14.1. The van der Waals surface area contributed by atoms with E-state index in [4.69, 9.17) is 0 Å². The van der Waals surface area contributed by atoms with E-state index in [-0.39, 0.29) is 0 Å². The molecule has 0 heteroatoms. The Morgan fingerprint density at radius 3 is 0.981 bits per heavy atom. The summed E-state index contributed by atoms with van der Waals surface area (Å²) in [5.41, 5.74) is 14.6. The molecule has 10 rings (SSSR count). The molecule has 0 heterocycles. The van der Waals surface area contributed by atoms with E-state index in [1.54, 1.807) is 0 Å². The van der Waals surface area contributed by atoms with Crippen molar-refractivity contribution in [3.05, 3.63) is 218 Å². The standard InChI is InChI=1S/C54H36/c1-3-15-39(16-4-1)51-33-45(41-23-11-25-43(31-41)49-29-13-21-37-19-7-9-27-47(37)49)36-54-52(40-17-5-2-6-18-40)34-46(35-53(51)54)42-24-12-26-44(32-42)50-30-14-22-38-20-8-10-28-48(38)50/h1-36H. The van der Waals surface area contributed by atoms with Crippen LogP contribution >= 0.6 is 0 Å². The number of hydrogen-bond donors (Lipinski definition) is 0. The van der Waals surface area contributed by atoms with Gasteiger partial charge in [0.2, 0.25) is 0 Å². The van der Waals surface area contributed by atoms with Crippen LogP contribution in [0.2, 0.25) is 0 Å². The van der Waals surface area contributed by atoms with Crippen LogP contribution in [-0.4, -0.2) is 0 Å². The van der Waals surface area contributed by atoms with Gasteiger partial charge in [-0.2, -0.15) is 0 Å². The molecule has 0 bridgehead atoms. The van der Waals surface area contributed by atoms with Crippen molar-refractivity contribution in [2.24, 2.45) is 0 Å². The van der Waals surface area contributed by atoms with Crippen LogP contribution in [0.1, 0.15) is 0 Å². The second-order valence-electron chi connectivity index (χ2n) is 14.1. The highest BCUT2D eigenvalue weighted by Crippen LogP contribution is 2.43. The van der Waals surface area contributed by atoms with E-state index in [1.165, 1.54) is 99.1 Å². The summed E-state index contributed by atoms with van der Waals surface area (Å²) in [6.07, 6.45) is 0. The van der Waals surface area contributed by atoms with E-state index in [9.17, 15) is 0 Å². The molecular formula is C54H36. The maximum atomic E-state index is 2.41. The van der Waals surface area contributed by atoms with Gasteiger partial charge in [0.1, 0.15) is 0 Å². The lowest BCUT2D eigenvalue weighted by Crippen LogP contribution is -1.91. The molecule has 0 spiro atoms. The Balaban J connectivity index is 1.20. The lowest BCUT2D eigenvalue weighted by atomic mass is 9.86. The molecule has 10 aromatic carbocycles. The molecule has 0 radical (unpaired) electrons. The molecule has 0 unspecified atom stereocenters. The maximum absolute atomic E-state index is 2.41. The van der Waals surface area contributed by atoms with E-state index < -0.39 is 0 Å². The van der Waals surface area contributed by atoms with Gasteiger partial charge in [0.05, 0.1) is 0 Å². The van der Waals surface area contributed by atoms with Crippen molar-refractivity contribution in [3.63, 3.8) is 0 Å². The fourth-order valence-electron chi connectivity index (χ4n) is 8.20. The first-order chi connectivity index (χ1) is 26.8. The molecule has 0 N–H and O–H groups in total. The quantitative estimate of drug-likeness (QED) is 0.164. The second kappa shape index (κ2) is 13.5. The van der Waals surface area contributed by atoms with Crippen molar-refractivity contribution in [2.75, 3.05) is 0 Å². The first kappa shape index (κ1) is 31.7. The molecule has 0 aliphatic heterocycles. The van der Waals surface area contributed by atoms with Crippen molar-refractivity contribution in [1.82, 2.24) is 0 Å². The van der Waals surface area contributed by atoms with E-state index >= 15 is 0 Å². The molecule has 0 saturated carbocycles. The van der Waals surface area contributed by atoms with Crippen LogP contribution in [-0.2, 0) is 0 Å².